The fourth-order valence-corrected chi connectivity index (χ4v) is 1.50. The number of urea groups is 1. The summed E-state index contributed by atoms with van der Waals surface area (Å²) in [5, 5.41) is 5.95. The van der Waals surface area contributed by atoms with Crippen LogP contribution in [0, 0.1) is 0 Å². The second kappa shape index (κ2) is 7.68. The molecule has 1 rings (SSSR count). The smallest absolute Gasteiger partial charge is 0.317 e. The van der Waals surface area contributed by atoms with Crippen LogP contribution < -0.4 is 10.6 Å². The van der Waals surface area contributed by atoms with Gasteiger partial charge in [-0.2, -0.15) is 0 Å². The van der Waals surface area contributed by atoms with Gasteiger partial charge < -0.3 is 15.5 Å². The molecule has 17 heavy (non-hydrogen) atoms. The normalized spacial score (nSPS) is 10.0. The van der Waals surface area contributed by atoms with Crippen molar-refractivity contribution in [1.82, 2.24) is 15.5 Å². The third kappa shape index (κ3) is 5.36. The lowest BCUT2D eigenvalue weighted by Crippen LogP contribution is -2.38. The van der Waals surface area contributed by atoms with Crippen LogP contribution in [0.4, 0.5) is 4.79 Å². The van der Waals surface area contributed by atoms with E-state index in [4.69, 9.17) is 0 Å². The molecule has 4 nitrogen and oxygen atoms in total. The summed E-state index contributed by atoms with van der Waals surface area (Å²) in [6, 6.07) is 9.89. The Kier molecular flexibility index (Phi) is 6.10. The summed E-state index contributed by atoms with van der Waals surface area (Å²) in [4.78, 5) is 13.4. The minimum absolute atomic E-state index is 0.0232. The van der Waals surface area contributed by atoms with Gasteiger partial charge in [0.05, 0.1) is 0 Å². The average Bonchev–Trinajstić information content (AvgIpc) is 2.37. The van der Waals surface area contributed by atoms with Gasteiger partial charge in [-0.3, -0.25) is 0 Å². The molecule has 1 aromatic rings. The van der Waals surface area contributed by atoms with Crippen molar-refractivity contribution in [2.24, 2.45) is 0 Å². The van der Waals surface area contributed by atoms with Crippen LogP contribution in [0.15, 0.2) is 30.3 Å². The summed E-state index contributed by atoms with van der Waals surface area (Å²) in [7, 11) is 3.73. The molecule has 0 aliphatic rings. The molecule has 2 N–H and O–H groups in total. The Morgan fingerprint density at radius 2 is 2.00 bits per heavy atom. The highest BCUT2D eigenvalue weighted by Crippen LogP contribution is 1.98. The summed E-state index contributed by atoms with van der Waals surface area (Å²) in [6.45, 7) is 2.27. The van der Waals surface area contributed by atoms with Crippen LogP contribution in [-0.4, -0.2) is 38.1 Å². The van der Waals surface area contributed by atoms with E-state index in [9.17, 15) is 4.79 Å². The molecule has 0 bridgehead atoms. The molecule has 0 heterocycles. The van der Waals surface area contributed by atoms with Gasteiger partial charge in [-0.15, -0.1) is 0 Å². The van der Waals surface area contributed by atoms with Crippen LogP contribution in [0.2, 0.25) is 0 Å². The molecular weight excluding hydrogens is 214 g/mol. The van der Waals surface area contributed by atoms with E-state index in [-0.39, 0.29) is 6.03 Å². The molecule has 0 radical (unpaired) electrons. The van der Waals surface area contributed by atoms with Gasteiger partial charge in [0.25, 0.3) is 0 Å². The van der Waals surface area contributed by atoms with Crippen molar-refractivity contribution < 1.29 is 4.79 Å². The molecule has 2 amide bonds. The Morgan fingerprint density at radius 3 is 2.65 bits per heavy atom. The van der Waals surface area contributed by atoms with Gasteiger partial charge in [0.15, 0.2) is 0 Å². The maximum atomic E-state index is 11.7. The van der Waals surface area contributed by atoms with Crippen LogP contribution in [0.5, 0.6) is 0 Å². The lowest BCUT2D eigenvalue weighted by molar-refractivity contribution is 0.208. The second-order valence-electron chi connectivity index (χ2n) is 4.02. The molecule has 0 unspecified atom stereocenters. The molecule has 0 saturated heterocycles. The van der Waals surface area contributed by atoms with Crippen molar-refractivity contribution in [2.45, 2.75) is 13.0 Å². The summed E-state index contributed by atoms with van der Waals surface area (Å²) >= 11 is 0. The van der Waals surface area contributed by atoms with E-state index in [0.717, 1.165) is 25.1 Å². The van der Waals surface area contributed by atoms with E-state index in [1.54, 1.807) is 4.90 Å². The van der Waals surface area contributed by atoms with Crippen molar-refractivity contribution in [2.75, 3.05) is 27.2 Å². The summed E-state index contributed by atoms with van der Waals surface area (Å²) < 4.78 is 0. The maximum Gasteiger partial charge on any atom is 0.317 e. The Bertz CT molecular complexity index is 327. The molecule has 94 valence electrons. The summed E-state index contributed by atoms with van der Waals surface area (Å²) in [5.74, 6) is 0. The van der Waals surface area contributed by atoms with Gasteiger partial charge in [-0.05, 0) is 25.6 Å². The number of carbonyl (C=O) groups excluding carboxylic acids is 1. The van der Waals surface area contributed by atoms with Crippen LogP contribution in [0.25, 0.3) is 0 Å². The average molecular weight is 235 g/mol. The molecule has 0 spiro atoms. The first-order chi connectivity index (χ1) is 8.24. The standard InChI is InChI=1S/C13H21N3O/c1-14-9-6-10-16(2)13(17)15-11-12-7-4-3-5-8-12/h3-5,7-8,14H,6,9-11H2,1-2H3,(H,15,17). The lowest BCUT2D eigenvalue weighted by Gasteiger charge is -2.17. The molecule has 4 heteroatoms. The van der Waals surface area contributed by atoms with Crippen molar-refractivity contribution in [1.29, 1.82) is 0 Å². The quantitative estimate of drug-likeness (QED) is 0.733. The van der Waals surface area contributed by atoms with Gasteiger partial charge in [0.1, 0.15) is 0 Å². The maximum absolute atomic E-state index is 11.7. The Morgan fingerprint density at radius 1 is 1.29 bits per heavy atom. The van der Waals surface area contributed by atoms with Crippen LogP contribution >= 0.6 is 0 Å². The number of hydrogen-bond acceptors (Lipinski definition) is 2. The van der Waals surface area contributed by atoms with E-state index in [2.05, 4.69) is 10.6 Å². The zero-order chi connectivity index (χ0) is 12.5. The predicted molar refractivity (Wildman–Crippen MR) is 69.9 cm³/mol. The van der Waals surface area contributed by atoms with Crippen LogP contribution in [-0.2, 0) is 6.54 Å². The Labute approximate surface area is 103 Å². The number of nitrogens with one attached hydrogen (secondary N) is 2. The van der Waals surface area contributed by atoms with Crippen molar-refractivity contribution >= 4 is 6.03 Å². The minimum Gasteiger partial charge on any atom is -0.334 e. The van der Waals surface area contributed by atoms with Crippen LogP contribution in [0.1, 0.15) is 12.0 Å². The molecule has 0 saturated carbocycles. The van der Waals surface area contributed by atoms with Gasteiger partial charge in [0.2, 0.25) is 0 Å². The third-order valence-electron chi connectivity index (χ3n) is 2.55. The first-order valence-electron chi connectivity index (χ1n) is 5.91. The third-order valence-corrected chi connectivity index (χ3v) is 2.55. The predicted octanol–water partition coefficient (Wildman–Crippen LogP) is 1.44. The summed E-state index contributed by atoms with van der Waals surface area (Å²) in [5.41, 5.74) is 1.12. The highest BCUT2D eigenvalue weighted by Gasteiger charge is 2.06. The van der Waals surface area contributed by atoms with E-state index in [0.29, 0.717) is 6.54 Å². The fraction of sp³-hybridized carbons (Fsp3) is 0.462. The molecule has 0 aromatic heterocycles. The molecular formula is C13H21N3O. The van der Waals surface area contributed by atoms with Crippen molar-refractivity contribution in [3.8, 4) is 0 Å². The first-order valence-corrected chi connectivity index (χ1v) is 5.91. The second-order valence-corrected chi connectivity index (χ2v) is 4.02. The fourth-order valence-electron chi connectivity index (χ4n) is 1.50. The lowest BCUT2D eigenvalue weighted by atomic mass is 10.2. The van der Waals surface area contributed by atoms with Crippen LogP contribution in [0.3, 0.4) is 0 Å². The Balaban J connectivity index is 2.24. The highest BCUT2D eigenvalue weighted by molar-refractivity contribution is 5.73. The zero-order valence-corrected chi connectivity index (χ0v) is 10.6. The topological polar surface area (TPSA) is 44.4 Å². The number of nitrogens with zero attached hydrogens (tertiary/aromatic N) is 1. The van der Waals surface area contributed by atoms with Gasteiger partial charge in [-0.1, -0.05) is 30.3 Å². The monoisotopic (exact) mass is 235 g/mol. The van der Waals surface area contributed by atoms with Gasteiger partial charge >= 0.3 is 6.03 Å². The largest absolute Gasteiger partial charge is 0.334 e. The van der Waals surface area contributed by atoms with E-state index in [1.807, 2.05) is 44.4 Å². The van der Waals surface area contributed by atoms with E-state index < -0.39 is 0 Å². The highest BCUT2D eigenvalue weighted by atomic mass is 16.2. The number of benzene rings is 1. The minimum atomic E-state index is -0.0232. The number of amides is 2. The summed E-state index contributed by atoms with van der Waals surface area (Å²) in [6.07, 6.45) is 0.964. The Hall–Kier alpha value is -1.55. The number of rotatable bonds is 6. The zero-order valence-electron chi connectivity index (χ0n) is 10.6. The molecule has 1 aromatic carbocycles. The number of carbonyl (C=O) groups is 1. The SMILES string of the molecule is CNCCCN(C)C(=O)NCc1ccccc1. The van der Waals surface area contributed by atoms with Crippen molar-refractivity contribution in [3.63, 3.8) is 0 Å². The van der Waals surface area contributed by atoms with E-state index >= 15 is 0 Å². The molecule has 0 atom stereocenters. The van der Waals surface area contributed by atoms with Crippen molar-refractivity contribution in [3.05, 3.63) is 35.9 Å². The molecule has 0 aliphatic heterocycles. The van der Waals surface area contributed by atoms with E-state index in [1.165, 1.54) is 0 Å². The van der Waals surface area contributed by atoms with Gasteiger partial charge in [0, 0.05) is 20.1 Å². The van der Waals surface area contributed by atoms with Gasteiger partial charge in [-0.25, -0.2) is 4.79 Å². The molecule has 0 aliphatic carbocycles. The number of hydrogen-bond donors (Lipinski definition) is 2. The molecule has 0 fully saturated rings. The first kappa shape index (κ1) is 13.5.